The molecule has 1 aromatic carbocycles. The van der Waals surface area contributed by atoms with Crippen molar-refractivity contribution in [3.8, 4) is 5.75 Å². The normalized spacial score (nSPS) is 10.5. The van der Waals surface area contributed by atoms with Crippen LogP contribution >= 0.6 is 22.6 Å². The molecule has 2 rings (SSSR count). The lowest BCUT2D eigenvalue weighted by Crippen LogP contribution is -2.18. The van der Waals surface area contributed by atoms with Crippen LogP contribution in [0, 0.1) is 3.57 Å². The Morgan fingerprint density at radius 1 is 1.40 bits per heavy atom. The van der Waals surface area contributed by atoms with E-state index in [1.807, 2.05) is 18.2 Å². The van der Waals surface area contributed by atoms with Gasteiger partial charge in [0, 0.05) is 6.20 Å². The SMILES string of the molecule is COc1ccc(C=NNC(=O)c2ccccn2)cc1I. The van der Waals surface area contributed by atoms with Crippen molar-refractivity contribution in [3.05, 3.63) is 57.4 Å². The van der Waals surface area contributed by atoms with E-state index in [-0.39, 0.29) is 5.91 Å². The van der Waals surface area contributed by atoms with Crippen molar-refractivity contribution in [2.75, 3.05) is 7.11 Å². The number of methoxy groups -OCH3 is 1. The lowest BCUT2D eigenvalue weighted by Gasteiger charge is -2.03. The Morgan fingerprint density at radius 3 is 2.90 bits per heavy atom. The maximum atomic E-state index is 11.7. The van der Waals surface area contributed by atoms with Gasteiger partial charge >= 0.3 is 0 Å². The van der Waals surface area contributed by atoms with Crippen molar-refractivity contribution in [1.82, 2.24) is 10.4 Å². The van der Waals surface area contributed by atoms with E-state index in [2.05, 4.69) is 38.1 Å². The van der Waals surface area contributed by atoms with Crippen LogP contribution in [0.15, 0.2) is 47.7 Å². The number of amides is 1. The van der Waals surface area contributed by atoms with Gasteiger partial charge in [-0.1, -0.05) is 6.07 Å². The predicted molar refractivity (Wildman–Crippen MR) is 85.0 cm³/mol. The Kier molecular flexibility index (Phi) is 5.05. The number of benzene rings is 1. The average molecular weight is 381 g/mol. The topological polar surface area (TPSA) is 63.6 Å². The maximum Gasteiger partial charge on any atom is 0.289 e. The van der Waals surface area contributed by atoms with Gasteiger partial charge in [0.1, 0.15) is 11.4 Å². The van der Waals surface area contributed by atoms with E-state index in [1.165, 1.54) is 0 Å². The number of halogens is 1. The Labute approximate surface area is 130 Å². The fourth-order valence-corrected chi connectivity index (χ4v) is 2.24. The first kappa shape index (κ1) is 14.4. The molecule has 0 fully saturated rings. The first-order chi connectivity index (χ1) is 9.70. The summed E-state index contributed by atoms with van der Waals surface area (Å²) < 4.78 is 6.15. The minimum absolute atomic E-state index is 0.328. The monoisotopic (exact) mass is 381 g/mol. The van der Waals surface area contributed by atoms with Crippen molar-refractivity contribution >= 4 is 34.7 Å². The molecule has 0 saturated carbocycles. The maximum absolute atomic E-state index is 11.7. The number of aromatic nitrogens is 1. The van der Waals surface area contributed by atoms with Crippen LogP contribution in [-0.4, -0.2) is 24.2 Å². The number of rotatable bonds is 4. The highest BCUT2D eigenvalue weighted by atomic mass is 127. The van der Waals surface area contributed by atoms with E-state index in [1.54, 1.807) is 37.7 Å². The third kappa shape index (κ3) is 3.77. The Hall–Kier alpha value is -1.96. The number of ether oxygens (including phenoxy) is 1. The molecule has 1 N–H and O–H groups in total. The Bertz CT molecular complexity index is 630. The minimum atomic E-state index is -0.343. The summed E-state index contributed by atoms with van der Waals surface area (Å²) >= 11 is 2.18. The van der Waals surface area contributed by atoms with Gasteiger partial charge in [0.25, 0.3) is 5.91 Å². The van der Waals surface area contributed by atoms with Gasteiger partial charge in [0.2, 0.25) is 0 Å². The largest absolute Gasteiger partial charge is 0.496 e. The number of pyridine rings is 1. The molecule has 2 aromatic rings. The molecular formula is C14H12IN3O2. The Morgan fingerprint density at radius 2 is 2.25 bits per heavy atom. The standard InChI is InChI=1S/C14H12IN3O2/c1-20-13-6-5-10(8-11(13)15)9-17-18-14(19)12-4-2-3-7-16-12/h2-9H,1H3,(H,18,19). The van der Waals surface area contributed by atoms with Gasteiger partial charge in [0.15, 0.2) is 0 Å². The molecule has 5 nitrogen and oxygen atoms in total. The van der Waals surface area contributed by atoms with Crippen molar-refractivity contribution in [1.29, 1.82) is 0 Å². The quantitative estimate of drug-likeness (QED) is 0.503. The Balaban J connectivity index is 2.00. The number of hydrogen-bond donors (Lipinski definition) is 1. The zero-order valence-corrected chi connectivity index (χ0v) is 12.9. The number of nitrogens with zero attached hydrogens (tertiary/aromatic N) is 2. The summed E-state index contributed by atoms with van der Waals surface area (Å²) in [6.07, 6.45) is 3.13. The van der Waals surface area contributed by atoms with Gasteiger partial charge in [-0.25, -0.2) is 5.43 Å². The summed E-state index contributed by atoms with van der Waals surface area (Å²) in [4.78, 5) is 15.6. The fourth-order valence-electron chi connectivity index (χ4n) is 1.48. The van der Waals surface area contributed by atoms with Crippen molar-refractivity contribution in [3.63, 3.8) is 0 Å². The van der Waals surface area contributed by atoms with Crippen molar-refractivity contribution in [2.45, 2.75) is 0 Å². The van der Waals surface area contributed by atoms with E-state index in [9.17, 15) is 4.79 Å². The second-order valence-electron chi connectivity index (χ2n) is 3.81. The summed E-state index contributed by atoms with van der Waals surface area (Å²) in [7, 11) is 1.62. The van der Waals surface area contributed by atoms with Crippen LogP contribution in [0.25, 0.3) is 0 Å². The molecule has 0 unspecified atom stereocenters. The molecule has 0 atom stereocenters. The molecule has 0 bridgehead atoms. The second-order valence-corrected chi connectivity index (χ2v) is 4.97. The van der Waals surface area contributed by atoms with Gasteiger partial charge in [-0.05, 0) is 58.5 Å². The molecular weight excluding hydrogens is 369 g/mol. The molecule has 20 heavy (non-hydrogen) atoms. The molecule has 0 spiro atoms. The van der Waals surface area contributed by atoms with Gasteiger partial charge in [-0.15, -0.1) is 0 Å². The van der Waals surface area contributed by atoms with E-state index in [0.29, 0.717) is 5.69 Å². The van der Waals surface area contributed by atoms with Crippen LogP contribution in [0.2, 0.25) is 0 Å². The molecule has 1 aromatic heterocycles. The molecule has 0 aliphatic carbocycles. The molecule has 0 radical (unpaired) electrons. The molecule has 0 saturated heterocycles. The van der Waals surface area contributed by atoms with Crippen LogP contribution in [0.4, 0.5) is 0 Å². The van der Waals surface area contributed by atoms with E-state index in [0.717, 1.165) is 14.9 Å². The molecule has 1 heterocycles. The summed E-state index contributed by atoms with van der Waals surface area (Å²) in [5.74, 6) is 0.463. The number of hydrazone groups is 1. The summed E-state index contributed by atoms with van der Waals surface area (Å²) in [6, 6.07) is 10.7. The molecule has 0 aliphatic heterocycles. The van der Waals surface area contributed by atoms with Crippen molar-refractivity contribution < 1.29 is 9.53 Å². The average Bonchev–Trinajstić information content (AvgIpc) is 2.48. The zero-order chi connectivity index (χ0) is 14.4. The van der Waals surface area contributed by atoms with Crippen LogP contribution < -0.4 is 10.2 Å². The predicted octanol–water partition coefficient (Wildman–Crippen LogP) is 2.46. The van der Waals surface area contributed by atoms with E-state index >= 15 is 0 Å². The summed E-state index contributed by atoms with van der Waals surface area (Å²) in [6.45, 7) is 0. The number of nitrogens with one attached hydrogen (secondary N) is 1. The number of hydrogen-bond acceptors (Lipinski definition) is 4. The third-order valence-corrected chi connectivity index (χ3v) is 3.30. The number of carbonyl (C=O) groups is 1. The van der Waals surface area contributed by atoms with E-state index in [4.69, 9.17) is 4.74 Å². The fraction of sp³-hybridized carbons (Fsp3) is 0.0714. The van der Waals surface area contributed by atoms with Crippen LogP contribution in [0.1, 0.15) is 16.1 Å². The van der Waals surface area contributed by atoms with Gasteiger partial charge in [-0.3, -0.25) is 9.78 Å². The molecule has 6 heteroatoms. The van der Waals surface area contributed by atoms with Crippen molar-refractivity contribution in [2.24, 2.45) is 5.10 Å². The highest BCUT2D eigenvalue weighted by molar-refractivity contribution is 14.1. The summed E-state index contributed by atoms with van der Waals surface area (Å²) in [5.41, 5.74) is 3.63. The first-order valence-corrected chi connectivity index (χ1v) is 6.86. The zero-order valence-electron chi connectivity index (χ0n) is 10.7. The van der Waals surface area contributed by atoms with Gasteiger partial charge in [-0.2, -0.15) is 5.10 Å². The van der Waals surface area contributed by atoms with Gasteiger partial charge < -0.3 is 4.74 Å². The molecule has 102 valence electrons. The van der Waals surface area contributed by atoms with Gasteiger partial charge in [0.05, 0.1) is 16.9 Å². The van der Waals surface area contributed by atoms with E-state index < -0.39 is 0 Å². The smallest absolute Gasteiger partial charge is 0.289 e. The van der Waals surface area contributed by atoms with Crippen LogP contribution in [0.5, 0.6) is 5.75 Å². The van der Waals surface area contributed by atoms with Crippen LogP contribution in [0.3, 0.4) is 0 Å². The number of carbonyl (C=O) groups excluding carboxylic acids is 1. The van der Waals surface area contributed by atoms with Crippen LogP contribution in [-0.2, 0) is 0 Å². The first-order valence-electron chi connectivity index (χ1n) is 5.78. The molecule has 0 aliphatic rings. The lowest BCUT2D eigenvalue weighted by atomic mass is 10.2. The third-order valence-electron chi connectivity index (χ3n) is 2.45. The second kappa shape index (κ2) is 6.99. The summed E-state index contributed by atoms with van der Waals surface area (Å²) in [5, 5.41) is 3.91. The highest BCUT2D eigenvalue weighted by Gasteiger charge is 2.04. The minimum Gasteiger partial charge on any atom is -0.496 e. The highest BCUT2D eigenvalue weighted by Crippen LogP contribution is 2.20. The molecule has 1 amide bonds. The lowest BCUT2D eigenvalue weighted by molar-refractivity contribution is 0.0950.